The summed E-state index contributed by atoms with van der Waals surface area (Å²) in [7, 11) is 0. The lowest BCUT2D eigenvalue weighted by atomic mass is 9.84. The Morgan fingerprint density at radius 3 is 2.92 bits per heavy atom. The smallest absolute Gasteiger partial charge is 0.225 e. The summed E-state index contributed by atoms with van der Waals surface area (Å²) < 4.78 is 0. The van der Waals surface area contributed by atoms with E-state index in [2.05, 4.69) is 48.0 Å². The number of H-pyrrole nitrogens is 1. The van der Waals surface area contributed by atoms with E-state index in [9.17, 15) is 4.79 Å². The van der Waals surface area contributed by atoms with Gasteiger partial charge in [0.15, 0.2) is 0 Å². The summed E-state index contributed by atoms with van der Waals surface area (Å²) in [6.45, 7) is 8.75. The first-order valence-corrected chi connectivity index (χ1v) is 9.36. The van der Waals surface area contributed by atoms with Crippen LogP contribution in [-0.2, 0) is 4.79 Å². The van der Waals surface area contributed by atoms with Crippen LogP contribution in [0.15, 0.2) is 30.0 Å². The zero-order chi connectivity index (χ0) is 18.0. The minimum Gasteiger partial charge on any atom is -0.346 e. The number of rotatable bonds is 5. The van der Waals surface area contributed by atoms with Crippen molar-refractivity contribution >= 4 is 33.3 Å². The van der Waals surface area contributed by atoms with Crippen LogP contribution in [0.2, 0.25) is 0 Å². The lowest BCUT2D eigenvalue weighted by Crippen LogP contribution is -2.18. The van der Waals surface area contributed by atoms with Crippen molar-refractivity contribution in [1.82, 2.24) is 15.0 Å². The molecule has 132 valence electrons. The van der Waals surface area contributed by atoms with E-state index in [4.69, 9.17) is 0 Å². The number of aromatic amines is 1. The van der Waals surface area contributed by atoms with Crippen molar-refractivity contribution in [2.45, 2.75) is 40.5 Å². The van der Waals surface area contributed by atoms with E-state index in [-0.39, 0.29) is 11.3 Å². The SMILES string of the molecule is CC(CC(=O)Nc1cc(-c2ncnc3[nH]ccc23)cs1)CC(C)(C)C. The number of aromatic nitrogens is 3. The molecule has 6 heteroatoms. The molecule has 0 aliphatic carbocycles. The van der Waals surface area contributed by atoms with Gasteiger partial charge in [-0.2, -0.15) is 0 Å². The van der Waals surface area contributed by atoms with Crippen molar-refractivity contribution in [2.75, 3.05) is 5.32 Å². The first kappa shape index (κ1) is 17.6. The van der Waals surface area contributed by atoms with Crippen molar-refractivity contribution in [3.05, 3.63) is 30.0 Å². The van der Waals surface area contributed by atoms with Crippen LogP contribution in [0.4, 0.5) is 5.00 Å². The van der Waals surface area contributed by atoms with E-state index in [0.29, 0.717) is 12.3 Å². The number of anilines is 1. The Labute approximate surface area is 151 Å². The summed E-state index contributed by atoms with van der Waals surface area (Å²) in [5.41, 5.74) is 2.93. The van der Waals surface area contributed by atoms with Crippen LogP contribution >= 0.6 is 11.3 Å². The van der Waals surface area contributed by atoms with E-state index in [1.54, 1.807) is 6.33 Å². The molecule has 0 fully saturated rings. The Kier molecular flexibility index (Phi) is 4.90. The fraction of sp³-hybridized carbons (Fsp3) is 0.421. The Morgan fingerprint density at radius 2 is 2.16 bits per heavy atom. The number of carbonyl (C=O) groups excluding carboxylic acids is 1. The van der Waals surface area contributed by atoms with Crippen molar-refractivity contribution in [1.29, 1.82) is 0 Å². The Morgan fingerprint density at radius 1 is 1.36 bits per heavy atom. The first-order chi connectivity index (χ1) is 11.8. The summed E-state index contributed by atoms with van der Waals surface area (Å²) in [4.78, 5) is 24.0. The van der Waals surface area contributed by atoms with Crippen molar-refractivity contribution < 1.29 is 4.79 Å². The van der Waals surface area contributed by atoms with Gasteiger partial charge in [0, 0.05) is 28.9 Å². The van der Waals surface area contributed by atoms with Gasteiger partial charge >= 0.3 is 0 Å². The van der Waals surface area contributed by atoms with E-state index in [1.807, 2.05) is 23.7 Å². The standard InChI is InChI=1S/C19H24N4OS/c1-12(9-19(2,3)4)7-15(24)23-16-8-13(10-25-16)17-14-5-6-20-18(14)22-11-21-17/h5-6,8,10-12H,7,9H2,1-4H3,(H,23,24)(H,20,21,22). The molecule has 1 atom stereocenters. The molecule has 25 heavy (non-hydrogen) atoms. The van der Waals surface area contributed by atoms with E-state index in [1.165, 1.54) is 11.3 Å². The molecule has 0 aromatic carbocycles. The average Bonchev–Trinajstić information content (AvgIpc) is 3.12. The maximum atomic E-state index is 12.3. The molecule has 5 nitrogen and oxygen atoms in total. The van der Waals surface area contributed by atoms with Gasteiger partial charge in [-0.05, 0) is 29.9 Å². The van der Waals surface area contributed by atoms with Gasteiger partial charge < -0.3 is 10.3 Å². The Hall–Kier alpha value is -2.21. The number of thiophene rings is 1. The molecular formula is C19H24N4OS. The molecule has 0 radical (unpaired) electrons. The fourth-order valence-electron chi connectivity index (χ4n) is 3.25. The third-order valence-electron chi connectivity index (χ3n) is 3.98. The molecule has 1 unspecified atom stereocenters. The number of fused-ring (bicyclic) bond motifs is 1. The highest BCUT2D eigenvalue weighted by atomic mass is 32.1. The highest BCUT2D eigenvalue weighted by Gasteiger charge is 2.18. The maximum Gasteiger partial charge on any atom is 0.225 e. The van der Waals surface area contributed by atoms with Crippen LogP contribution in [0.25, 0.3) is 22.3 Å². The van der Waals surface area contributed by atoms with Gasteiger partial charge in [-0.15, -0.1) is 11.3 Å². The summed E-state index contributed by atoms with van der Waals surface area (Å²) in [5, 5.41) is 6.87. The predicted octanol–water partition coefficient (Wildman–Crippen LogP) is 5.09. The summed E-state index contributed by atoms with van der Waals surface area (Å²) >= 11 is 1.52. The van der Waals surface area contributed by atoms with Gasteiger partial charge in [-0.1, -0.05) is 27.7 Å². The van der Waals surface area contributed by atoms with Gasteiger partial charge in [0.2, 0.25) is 5.91 Å². The zero-order valence-corrected chi connectivity index (χ0v) is 15.9. The van der Waals surface area contributed by atoms with Crippen molar-refractivity contribution in [3.63, 3.8) is 0 Å². The largest absolute Gasteiger partial charge is 0.346 e. The first-order valence-electron chi connectivity index (χ1n) is 8.49. The van der Waals surface area contributed by atoms with Gasteiger partial charge in [-0.25, -0.2) is 9.97 Å². The lowest BCUT2D eigenvalue weighted by Gasteiger charge is -2.22. The molecule has 3 rings (SSSR count). The highest BCUT2D eigenvalue weighted by Crippen LogP contribution is 2.32. The molecule has 3 aromatic heterocycles. The minimum absolute atomic E-state index is 0.0691. The normalized spacial score (nSPS) is 13.1. The molecule has 0 bridgehead atoms. The summed E-state index contributed by atoms with van der Waals surface area (Å²) in [5.74, 6) is 0.431. The molecule has 2 N–H and O–H groups in total. The molecule has 0 saturated carbocycles. The number of amides is 1. The molecule has 0 spiro atoms. The second-order valence-electron chi connectivity index (χ2n) is 7.78. The summed E-state index contributed by atoms with van der Waals surface area (Å²) in [6.07, 6.45) is 4.98. The number of carbonyl (C=O) groups is 1. The van der Waals surface area contributed by atoms with E-state index < -0.39 is 0 Å². The van der Waals surface area contributed by atoms with Crippen LogP contribution in [0, 0.1) is 11.3 Å². The third-order valence-corrected chi connectivity index (χ3v) is 4.83. The molecule has 1 amide bonds. The highest BCUT2D eigenvalue weighted by molar-refractivity contribution is 7.14. The maximum absolute atomic E-state index is 12.3. The molecule has 3 aromatic rings. The van der Waals surface area contributed by atoms with Crippen LogP contribution in [0.1, 0.15) is 40.5 Å². The topological polar surface area (TPSA) is 70.7 Å². The van der Waals surface area contributed by atoms with Crippen LogP contribution in [-0.4, -0.2) is 20.9 Å². The van der Waals surface area contributed by atoms with Crippen LogP contribution in [0.3, 0.4) is 0 Å². The monoisotopic (exact) mass is 356 g/mol. The summed E-state index contributed by atoms with van der Waals surface area (Å²) in [6, 6.07) is 3.94. The number of nitrogens with one attached hydrogen (secondary N) is 2. The average molecular weight is 356 g/mol. The molecule has 0 saturated heterocycles. The second kappa shape index (κ2) is 6.96. The minimum atomic E-state index is 0.0691. The van der Waals surface area contributed by atoms with Crippen molar-refractivity contribution in [3.8, 4) is 11.3 Å². The van der Waals surface area contributed by atoms with Gasteiger partial charge in [0.05, 0.1) is 10.7 Å². The Balaban J connectivity index is 1.68. The third kappa shape index (κ3) is 4.45. The number of hydrogen-bond donors (Lipinski definition) is 2. The number of hydrogen-bond acceptors (Lipinski definition) is 4. The fourth-order valence-corrected chi connectivity index (χ4v) is 4.05. The molecule has 0 aliphatic rings. The van der Waals surface area contributed by atoms with Gasteiger partial charge in [0.1, 0.15) is 12.0 Å². The molecular weight excluding hydrogens is 332 g/mol. The lowest BCUT2D eigenvalue weighted by molar-refractivity contribution is -0.117. The van der Waals surface area contributed by atoms with Crippen molar-refractivity contribution in [2.24, 2.45) is 11.3 Å². The van der Waals surface area contributed by atoms with Gasteiger partial charge in [-0.3, -0.25) is 4.79 Å². The molecule has 3 heterocycles. The van der Waals surface area contributed by atoms with E-state index in [0.717, 1.165) is 33.7 Å². The van der Waals surface area contributed by atoms with Crippen LogP contribution in [0.5, 0.6) is 0 Å². The Bertz CT molecular complexity index is 875. The van der Waals surface area contributed by atoms with Crippen LogP contribution < -0.4 is 5.32 Å². The zero-order valence-electron chi connectivity index (χ0n) is 15.1. The number of nitrogens with zero attached hydrogens (tertiary/aromatic N) is 2. The quantitative estimate of drug-likeness (QED) is 0.669. The van der Waals surface area contributed by atoms with Gasteiger partial charge in [0.25, 0.3) is 0 Å². The van der Waals surface area contributed by atoms with E-state index >= 15 is 0 Å². The second-order valence-corrected chi connectivity index (χ2v) is 8.70. The predicted molar refractivity (Wildman–Crippen MR) is 104 cm³/mol. The molecule has 0 aliphatic heterocycles.